The highest BCUT2D eigenvalue weighted by Crippen LogP contribution is 2.51. The first-order valence-electron chi connectivity index (χ1n) is 10.6. The topological polar surface area (TPSA) is 257 Å². The van der Waals surface area contributed by atoms with E-state index in [0.29, 0.717) is 0 Å². The molecule has 0 aliphatic heterocycles. The fraction of sp³-hybridized carbons (Fsp3) is 0. The van der Waals surface area contributed by atoms with Gasteiger partial charge < -0.3 is 56.2 Å². The van der Waals surface area contributed by atoms with E-state index in [1.54, 1.807) is 18.2 Å². The normalized spacial score (nSPS) is 10.4. The van der Waals surface area contributed by atoms with Crippen molar-refractivity contribution in [2.24, 2.45) is 0 Å². The molecule has 0 atom stereocenters. The molecule has 0 saturated carbocycles. The molecule has 0 unspecified atom stereocenters. The molecule has 0 bridgehead atoms. The molecule has 11 N–H and O–H groups in total. The maximum absolute atomic E-state index is 12.1. The summed E-state index contributed by atoms with van der Waals surface area (Å²) in [6, 6.07) is 11.5. The Bertz CT molecular complexity index is 1540. The van der Waals surface area contributed by atoms with Crippen molar-refractivity contribution in [3.05, 3.63) is 76.9 Å². The summed E-state index contributed by atoms with van der Waals surface area (Å²) >= 11 is 0. The van der Waals surface area contributed by atoms with Gasteiger partial charge in [-0.05, 0) is 24.3 Å². The van der Waals surface area contributed by atoms with Gasteiger partial charge in [0.1, 0.15) is 5.56 Å². The van der Waals surface area contributed by atoms with Crippen LogP contribution in [0, 0.1) is 0 Å². The van der Waals surface area contributed by atoms with Gasteiger partial charge in [-0.25, -0.2) is 0 Å². The van der Waals surface area contributed by atoms with Crippen LogP contribution in [0.2, 0.25) is 0 Å². The minimum absolute atomic E-state index is 0.137. The lowest BCUT2D eigenvalue weighted by Gasteiger charge is -2.11. The molecule has 0 heterocycles. The van der Waals surface area contributed by atoms with Crippen molar-refractivity contribution >= 4 is 11.6 Å². The van der Waals surface area contributed by atoms with Crippen LogP contribution in [-0.4, -0.2) is 67.7 Å². The number of hydrogen-bond donors (Lipinski definition) is 11. The van der Waals surface area contributed by atoms with Crippen LogP contribution in [0.25, 0.3) is 0 Å². The first-order chi connectivity index (χ1) is 18.3. The highest BCUT2D eigenvalue weighted by Gasteiger charge is 2.28. The summed E-state index contributed by atoms with van der Waals surface area (Å²) in [5.74, 6) is -11.4. The summed E-state index contributed by atoms with van der Waals surface area (Å²) in [5.41, 5.74) is -1.11. The fourth-order valence-electron chi connectivity index (χ4n) is 3.28. The summed E-state index contributed by atoms with van der Waals surface area (Å²) in [4.78, 5) is 24.2. The summed E-state index contributed by atoms with van der Waals surface area (Å²) in [7, 11) is 0. The van der Waals surface area contributed by atoms with Crippen molar-refractivity contribution in [2.45, 2.75) is 0 Å². The van der Waals surface area contributed by atoms with Gasteiger partial charge in [-0.15, -0.1) is 0 Å². The SMILES string of the molecule is O=C(c1cc(O)c(O)c(O)c1)c1ccc(O)c(O)c1O.O=C(c1ccccc1)c1c(O)c(O)c(O)c(O)c1O. The molecule has 4 rings (SSSR count). The first kappa shape index (κ1) is 27.6. The van der Waals surface area contributed by atoms with E-state index in [4.69, 9.17) is 5.11 Å². The molecular formula is C26H20O13. The molecule has 13 heteroatoms. The maximum atomic E-state index is 12.1. The molecule has 0 aliphatic rings. The van der Waals surface area contributed by atoms with Crippen LogP contribution in [0.3, 0.4) is 0 Å². The van der Waals surface area contributed by atoms with Gasteiger partial charge in [0.25, 0.3) is 0 Å². The molecule has 0 spiro atoms. The molecule has 0 saturated heterocycles. The van der Waals surface area contributed by atoms with E-state index in [0.717, 1.165) is 24.3 Å². The third kappa shape index (κ3) is 5.13. The summed E-state index contributed by atoms with van der Waals surface area (Å²) in [6.07, 6.45) is 0. The fourth-order valence-corrected chi connectivity index (χ4v) is 3.28. The third-order valence-electron chi connectivity index (χ3n) is 5.34. The van der Waals surface area contributed by atoms with E-state index in [1.165, 1.54) is 12.1 Å². The zero-order chi connectivity index (χ0) is 29.2. The second kappa shape index (κ2) is 10.6. The van der Waals surface area contributed by atoms with E-state index in [2.05, 4.69) is 0 Å². The van der Waals surface area contributed by atoms with Gasteiger partial charge in [0.2, 0.25) is 28.8 Å². The van der Waals surface area contributed by atoms with Crippen molar-refractivity contribution in [1.82, 2.24) is 0 Å². The lowest BCUT2D eigenvalue weighted by atomic mass is 10.00. The van der Waals surface area contributed by atoms with Crippen molar-refractivity contribution in [3.8, 4) is 63.2 Å². The number of phenolic OH excluding ortho intramolecular Hbond substituents is 11. The Morgan fingerprint density at radius 2 is 0.897 bits per heavy atom. The minimum Gasteiger partial charge on any atom is -0.504 e. The lowest BCUT2D eigenvalue weighted by molar-refractivity contribution is 0.102. The van der Waals surface area contributed by atoms with Gasteiger partial charge in [0.05, 0.1) is 5.56 Å². The van der Waals surface area contributed by atoms with Crippen LogP contribution in [0.1, 0.15) is 31.8 Å². The molecule has 0 radical (unpaired) electrons. The number of benzene rings is 4. The maximum Gasteiger partial charge on any atom is 0.208 e. The highest BCUT2D eigenvalue weighted by atomic mass is 16.4. The largest absolute Gasteiger partial charge is 0.504 e. The summed E-state index contributed by atoms with van der Waals surface area (Å²) in [6.45, 7) is 0. The summed E-state index contributed by atoms with van der Waals surface area (Å²) < 4.78 is 0. The van der Waals surface area contributed by atoms with Gasteiger partial charge in [-0.1, -0.05) is 30.3 Å². The second-order valence-electron chi connectivity index (χ2n) is 7.83. The average molecular weight is 540 g/mol. The average Bonchev–Trinajstić information content (AvgIpc) is 2.92. The van der Waals surface area contributed by atoms with Crippen LogP contribution >= 0.6 is 0 Å². The minimum atomic E-state index is -1.10. The predicted molar refractivity (Wildman–Crippen MR) is 131 cm³/mol. The Morgan fingerprint density at radius 1 is 0.410 bits per heavy atom. The Kier molecular flexibility index (Phi) is 7.47. The van der Waals surface area contributed by atoms with E-state index >= 15 is 0 Å². The van der Waals surface area contributed by atoms with Crippen LogP contribution in [0.15, 0.2) is 54.6 Å². The highest BCUT2D eigenvalue weighted by molar-refractivity contribution is 6.14. The van der Waals surface area contributed by atoms with Gasteiger partial charge >= 0.3 is 0 Å². The smallest absolute Gasteiger partial charge is 0.208 e. The van der Waals surface area contributed by atoms with E-state index in [1.807, 2.05) is 0 Å². The number of hydrogen-bond acceptors (Lipinski definition) is 13. The quantitative estimate of drug-likeness (QED) is 0.101. The number of carbonyl (C=O) groups excluding carboxylic acids is 2. The van der Waals surface area contributed by atoms with Crippen LogP contribution in [0.5, 0.6) is 63.2 Å². The number of phenols is 11. The predicted octanol–water partition coefficient (Wildman–Crippen LogP) is 2.60. The van der Waals surface area contributed by atoms with Gasteiger partial charge in [0, 0.05) is 11.1 Å². The Hall–Kier alpha value is -5.98. The third-order valence-corrected chi connectivity index (χ3v) is 5.34. The monoisotopic (exact) mass is 540 g/mol. The van der Waals surface area contributed by atoms with Gasteiger partial charge in [-0.3, -0.25) is 9.59 Å². The Balaban J connectivity index is 0.000000216. The van der Waals surface area contributed by atoms with Crippen molar-refractivity contribution < 1.29 is 65.8 Å². The molecule has 0 amide bonds. The molecule has 0 aliphatic carbocycles. The number of ketones is 2. The Morgan fingerprint density at radius 3 is 1.41 bits per heavy atom. The van der Waals surface area contributed by atoms with Crippen LogP contribution < -0.4 is 0 Å². The van der Waals surface area contributed by atoms with Crippen LogP contribution in [0.4, 0.5) is 0 Å². The van der Waals surface area contributed by atoms with E-state index < -0.39 is 80.4 Å². The van der Waals surface area contributed by atoms with Gasteiger partial charge in [0.15, 0.2) is 46.0 Å². The second-order valence-corrected chi connectivity index (χ2v) is 7.83. The van der Waals surface area contributed by atoms with Crippen molar-refractivity contribution in [3.63, 3.8) is 0 Å². The number of rotatable bonds is 4. The first-order valence-corrected chi connectivity index (χ1v) is 10.6. The summed E-state index contributed by atoms with van der Waals surface area (Å²) in [5, 5.41) is 103. The molecular weight excluding hydrogens is 520 g/mol. The molecule has 13 nitrogen and oxygen atoms in total. The zero-order valence-corrected chi connectivity index (χ0v) is 19.4. The van der Waals surface area contributed by atoms with Crippen molar-refractivity contribution in [2.75, 3.05) is 0 Å². The Labute approximate surface area is 217 Å². The zero-order valence-electron chi connectivity index (χ0n) is 19.4. The lowest BCUT2D eigenvalue weighted by Crippen LogP contribution is -2.02. The van der Waals surface area contributed by atoms with Crippen LogP contribution in [-0.2, 0) is 0 Å². The standard InChI is InChI=1S/C13H10O7.C13H10O6/c14-7-2-1-6(11(18)13(7)20)10(17)5-3-8(15)12(19)9(16)4-5;14-8(6-4-2-1-3-5-6)7-9(15)11(17)13(19)12(18)10(7)16/h1-4,14-16,18-20H;1-5,15-19H. The molecule has 0 aromatic heterocycles. The number of aromatic hydroxyl groups is 11. The molecule has 4 aromatic rings. The van der Waals surface area contributed by atoms with E-state index in [9.17, 15) is 60.7 Å². The van der Waals surface area contributed by atoms with Crippen molar-refractivity contribution in [1.29, 1.82) is 0 Å². The molecule has 4 aromatic carbocycles. The van der Waals surface area contributed by atoms with Gasteiger partial charge in [-0.2, -0.15) is 0 Å². The molecule has 202 valence electrons. The molecule has 39 heavy (non-hydrogen) atoms. The molecule has 0 fully saturated rings. The van der Waals surface area contributed by atoms with E-state index in [-0.39, 0.29) is 16.7 Å². The number of carbonyl (C=O) groups is 2.